The number of alkyl halides is 3. The first-order chi connectivity index (χ1) is 8.53. The van der Waals surface area contributed by atoms with Crippen molar-refractivity contribution in [3.8, 4) is 0 Å². The minimum Gasteiger partial charge on any atom is -0.478 e. The third-order valence-electron chi connectivity index (χ3n) is 1.93. The van der Waals surface area contributed by atoms with Crippen molar-refractivity contribution in [1.29, 1.82) is 0 Å². The number of nitrogens with one attached hydrogen (secondary N) is 1. The Bertz CT molecular complexity index is 597. The summed E-state index contributed by atoms with van der Waals surface area (Å²) in [6.07, 6.45) is -4.81. The van der Waals surface area contributed by atoms with Gasteiger partial charge in [-0.25, -0.2) is 22.3 Å². The number of hydrogen-bond donors (Lipinski definition) is 2. The van der Waals surface area contributed by atoms with Gasteiger partial charge in [0.05, 0.1) is 5.56 Å². The van der Waals surface area contributed by atoms with Crippen molar-refractivity contribution in [2.75, 3.05) is 6.54 Å². The van der Waals surface area contributed by atoms with E-state index in [2.05, 4.69) is 0 Å². The zero-order valence-electron chi connectivity index (χ0n) is 9.03. The molecule has 0 saturated carbocycles. The van der Waals surface area contributed by atoms with E-state index in [1.807, 2.05) is 0 Å². The molecule has 0 aromatic heterocycles. The van der Waals surface area contributed by atoms with E-state index >= 15 is 0 Å². The van der Waals surface area contributed by atoms with Crippen molar-refractivity contribution in [2.24, 2.45) is 0 Å². The molecular formula is C9H7F4NO4S. The Kier molecular flexibility index (Phi) is 4.15. The van der Waals surface area contributed by atoms with Crippen molar-refractivity contribution in [1.82, 2.24) is 4.72 Å². The molecule has 19 heavy (non-hydrogen) atoms. The van der Waals surface area contributed by atoms with Gasteiger partial charge in [0.15, 0.2) is 0 Å². The van der Waals surface area contributed by atoms with Gasteiger partial charge in [-0.15, -0.1) is 0 Å². The molecule has 0 heterocycles. The quantitative estimate of drug-likeness (QED) is 0.823. The first kappa shape index (κ1) is 15.4. The summed E-state index contributed by atoms with van der Waals surface area (Å²) in [6, 6.07) is 1.78. The van der Waals surface area contributed by atoms with Crippen LogP contribution in [-0.4, -0.2) is 32.2 Å². The summed E-state index contributed by atoms with van der Waals surface area (Å²) in [5, 5.41) is 8.61. The molecule has 0 amide bonds. The topological polar surface area (TPSA) is 83.5 Å². The van der Waals surface area contributed by atoms with Crippen molar-refractivity contribution < 1.29 is 35.9 Å². The Morgan fingerprint density at radius 1 is 1.32 bits per heavy atom. The highest BCUT2D eigenvalue weighted by Crippen LogP contribution is 2.18. The minimum atomic E-state index is -4.81. The van der Waals surface area contributed by atoms with Crippen LogP contribution in [0.4, 0.5) is 17.6 Å². The highest BCUT2D eigenvalue weighted by molar-refractivity contribution is 7.89. The molecule has 0 aliphatic carbocycles. The lowest BCUT2D eigenvalue weighted by molar-refractivity contribution is -0.121. The number of carbonyl (C=O) groups is 1. The highest BCUT2D eigenvalue weighted by atomic mass is 32.2. The molecule has 1 aromatic rings. The smallest absolute Gasteiger partial charge is 0.402 e. The van der Waals surface area contributed by atoms with Crippen molar-refractivity contribution in [2.45, 2.75) is 11.1 Å². The average Bonchev–Trinajstić information content (AvgIpc) is 2.25. The van der Waals surface area contributed by atoms with Crippen molar-refractivity contribution >= 4 is 16.0 Å². The molecule has 0 aliphatic rings. The first-order valence-electron chi connectivity index (χ1n) is 4.62. The normalized spacial score (nSPS) is 12.4. The number of carboxylic acid groups (broad SMARTS) is 1. The van der Waals surface area contributed by atoms with Gasteiger partial charge in [0.25, 0.3) is 0 Å². The van der Waals surface area contributed by atoms with Crippen LogP contribution in [0, 0.1) is 5.82 Å². The Morgan fingerprint density at radius 2 is 1.89 bits per heavy atom. The molecule has 0 saturated heterocycles. The second-order valence-electron chi connectivity index (χ2n) is 3.39. The van der Waals surface area contributed by atoms with Crippen LogP contribution < -0.4 is 4.72 Å². The molecule has 0 atom stereocenters. The number of halogens is 4. The van der Waals surface area contributed by atoms with E-state index < -0.39 is 45.0 Å². The predicted molar refractivity (Wildman–Crippen MR) is 54.6 cm³/mol. The fraction of sp³-hybridized carbons (Fsp3) is 0.222. The molecular weight excluding hydrogens is 294 g/mol. The summed E-state index contributed by atoms with van der Waals surface area (Å²) in [7, 11) is -4.79. The van der Waals surface area contributed by atoms with Gasteiger partial charge in [0, 0.05) is 0 Å². The van der Waals surface area contributed by atoms with Gasteiger partial charge in [-0.1, -0.05) is 0 Å². The van der Waals surface area contributed by atoms with E-state index in [1.54, 1.807) is 0 Å². The number of rotatable bonds is 4. The Hall–Kier alpha value is -1.68. The Labute approximate surface area is 104 Å². The Morgan fingerprint density at radius 3 is 2.37 bits per heavy atom. The third kappa shape index (κ3) is 4.17. The van der Waals surface area contributed by atoms with E-state index in [4.69, 9.17) is 5.11 Å². The van der Waals surface area contributed by atoms with Gasteiger partial charge in [-0.05, 0) is 18.2 Å². The van der Waals surface area contributed by atoms with E-state index in [0.29, 0.717) is 12.1 Å². The monoisotopic (exact) mass is 301 g/mol. The average molecular weight is 301 g/mol. The summed E-state index contributed by atoms with van der Waals surface area (Å²) >= 11 is 0. The maximum absolute atomic E-state index is 13.3. The molecule has 0 unspecified atom stereocenters. The molecule has 1 rings (SSSR count). The van der Waals surface area contributed by atoms with E-state index in [0.717, 1.165) is 10.8 Å². The molecule has 0 spiro atoms. The summed E-state index contributed by atoms with van der Waals surface area (Å²) in [6.45, 7) is -1.88. The largest absolute Gasteiger partial charge is 0.478 e. The number of hydrogen-bond acceptors (Lipinski definition) is 3. The van der Waals surface area contributed by atoms with Crippen LogP contribution in [0.2, 0.25) is 0 Å². The van der Waals surface area contributed by atoms with Crippen LogP contribution in [0.15, 0.2) is 23.1 Å². The van der Waals surface area contributed by atoms with Gasteiger partial charge in [0.2, 0.25) is 10.0 Å². The number of sulfonamides is 1. The summed E-state index contributed by atoms with van der Waals surface area (Å²) in [4.78, 5) is 9.43. The SMILES string of the molecule is O=C(O)c1ccc(F)c(S(=O)(=O)NCC(F)(F)F)c1. The number of aromatic carboxylic acids is 1. The third-order valence-corrected chi connectivity index (χ3v) is 3.35. The first-order valence-corrected chi connectivity index (χ1v) is 6.10. The van der Waals surface area contributed by atoms with E-state index in [9.17, 15) is 30.8 Å². The maximum atomic E-state index is 13.3. The summed E-state index contributed by atoms with van der Waals surface area (Å²) < 4.78 is 72.9. The molecule has 0 bridgehead atoms. The van der Waals surface area contributed by atoms with Gasteiger partial charge < -0.3 is 5.11 Å². The molecule has 0 fully saturated rings. The lowest BCUT2D eigenvalue weighted by atomic mass is 10.2. The zero-order chi connectivity index (χ0) is 14.8. The van der Waals surface area contributed by atoms with Crippen molar-refractivity contribution in [3.63, 3.8) is 0 Å². The van der Waals surface area contributed by atoms with Crippen LogP contribution in [-0.2, 0) is 10.0 Å². The zero-order valence-corrected chi connectivity index (χ0v) is 9.85. The Balaban J connectivity index is 3.14. The van der Waals surface area contributed by atoms with Crippen LogP contribution in [0.3, 0.4) is 0 Å². The second kappa shape index (κ2) is 5.13. The van der Waals surface area contributed by atoms with Gasteiger partial charge >= 0.3 is 12.1 Å². The number of carboxylic acids is 1. The van der Waals surface area contributed by atoms with E-state index in [-0.39, 0.29) is 0 Å². The molecule has 2 N–H and O–H groups in total. The summed E-state index contributed by atoms with van der Waals surface area (Å²) in [5.41, 5.74) is -0.561. The molecule has 1 aromatic carbocycles. The van der Waals surface area contributed by atoms with Crippen LogP contribution in [0.25, 0.3) is 0 Å². The molecule has 106 valence electrons. The second-order valence-corrected chi connectivity index (χ2v) is 5.13. The molecule has 0 aliphatic heterocycles. The summed E-state index contributed by atoms with van der Waals surface area (Å²) in [5.74, 6) is -2.88. The van der Waals surface area contributed by atoms with Gasteiger partial charge in [0.1, 0.15) is 17.3 Å². The number of benzene rings is 1. The van der Waals surface area contributed by atoms with Crippen LogP contribution >= 0.6 is 0 Å². The van der Waals surface area contributed by atoms with Gasteiger partial charge in [-0.3, -0.25) is 0 Å². The van der Waals surface area contributed by atoms with Gasteiger partial charge in [-0.2, -0.15) is 13.2 Å². The maximum Gasteiger partial charge on any atom is 0.402 e. The van der Waals surface area contributed by atoms with Crippen molar-refractivity contribution in [3.05, 3.63) is 29.6 Å². The molecule has 10 heteroatoms. The standard InChI is InChI=1S/C9H7F4NO4S/c10-6-2-1-5(8(15)16)3-7(6)19(17,18)14-4-9(11,12)13/h1-3,14H,4H2,(H,15,16). The lowest BCUT2D eigenvalue weighted by Crippen LogP contribution is -2.34. The lowest BCUT2D eigenvalue weighted by Gasteiger charge is -2.10. The molecule has 5 nitrogen and oxygen atoms in total. The fourth-order valence-corrected chi connectivity index (χ4v) is 2.21. The fourth-order valence-electron chi connectivity index (χ4n) is 1.10. The predicted octanol–water partition coefficient (Wildman–Crippen LogP) is 1.36. The van der Waals surface area contributed by atoms with Crippen LogP contribution in [0.1, 0.15) is 10.4 Å². The minimum absolute atomic E-state index is 0.441. The van der Waals surface area contributed by atoms with E-state index in [1.165, 1.54) is 0 Å². The highest BCUT2D eigenvalue weighted by Gasteiger charge is 2.31. The molecule has 0 radical (unpaired) electrons. The van der Waals surface area contributed by atoms with Crippen LogP contribution in [0.5, 0.6) is 0 Å².